The third kappa shape index (κ3) is 1.93. The Kier molecular flexibility index (Phi) is 3.05. The Morgan fingerprint density at radius 2 is 1.68 bits per heavy atom. The van der Waals surface area contributed by atoms with Crippen molar-refractivity contribution in [3.63, 3.8) is 0 Å². The summed E-state index contributed by atoms with van der Waals surface area (Å²) in [5.74, 6) is -0.614. The van der Waals surface area contributed by atoms with Crippen LogP contribution in [0.2, 0.25) is 0 Å². The van der Waals surface area contributed by atoms with Gasteiger partial charge in [0.1, 0.15) is 5.69 Å². The molecule has 0 radical (unpaired) electrons. The number of aryl methyl sites for hydroxylation is 1. The van der Waals surface area contributed by atoms with E-state index in [9.17, 15) is 10.2 Å². The summed E-state index contributed by atoms with van der Waals surface area (Å²) in [6.45, 7) is 2.70. The Morgan fingerprint density at radius 3 is 2.26 bits per heavy atom. The fourth-order valence-electron chi connectivity index (χ4n) is 2.69. The topological polar surface area (TPSA) is 62.9 Å². The maximum absolute atomic E-state index is 12.4. The number of nitrogens with zero attached hydrogens (tertiary/aromatic N) is 2. The average molecular weight is 255 g/mol. The van der Waals surface area contributed by atoms with E-state index in [4.69, 9.17) is 0 Å². The summed E-state index contributed by atoms with van der Waals surface area (Å²) in [6, 6.07) is 10.8. The molecule has 98 valence electrons. The van der Waals surface area contributed by atoms with E-state index in [1.807, 2.05) is 31.3 Å². The molecule has 1 aliphatic rings. The number of hydrogen-bond acceptors (Lipinski definition) is 3. The lowest BCUT2D eigenvalue weighted by atomic mass is 9.97. The van der Waals surface area contributed by atoms with Gasteiger partial charge in [-0.2, -0.15) is 0 Å². The van der Waals surface area contributed by atoms with Crippen molar-refractivity contribution in [3.8, 4) is 0 Å². The molecule has 3 rings (SSSR count). The third-order valence-corrected chi connectivity index (χ3v) is 3.70. The van der Waals surface area contributed by atoms with E-state index in [1.165, 1.54) is 0 Å². The Labute approximate surface area is 112 Å². The van der Waals surface area contributed by atoms with Gasteiger partial charge in [0.15, 0.2) is 12.7 Å². The van der Waals surface area contributed by atoms with Gasteiger partial charge in [-0.3, -0.25) is 0 Å². The van der Waals surface area contributed by atoms with Gasteiger partial charge < -0.3 is 10.2 Å². The van der Waals surface area contributed by atoms with Gasteiger partial charge >= 0.3 is 0 Å². The predicted octanol–water partition coefficient (Wildman–Crippen LogP) is -0.0108. The molecule has 0 N–H and O–H groups in total. The maximum Gasteiger partial charge on any atom is 0.196 e. The molecule has 0 saturated carbocycles. The van der Waals surface area contributed by atoms with E-state index in [2.05, 4.69) is 5.10 Å². The quantitative estimate of drug-likeness (QED) is 0.709. The zero-order chi connectivity index (χ0) is 13.4. The van der Waals surface area contributed by atoms with Crippen LogP contribution in [0.1, 0.15) is 41.9 Å². The molecule has 4 heteroatoms. The summed E-state index contributed by atoms with van der Waals surface area (Å²) in [6.07, 6.45) is -0.191. The zero-order valence-electron chi connectivity index (χ0n) is 10.7. The van der Waals surface area contributed by atoms with Crippen LogP contribution in [0.25, 0.3) is 0 Å². The fourth-order valence-corrected chi connectivity index (χ4v) is 2.69. The summed E-state index contributed by atoms with van der Waals surface area (Å²) in [4.78, 5) is 0. The summed E-state index contributed by atoms with van der Waals surface area (Å²) >= 11 is 0. The zero-order valence-corrected chi connectivity index (χ0v) is 10.7. The monoisotopic (exact) mass is 255 g/mol. The van der Waals surface area contributed by atoms with Crippen LogP contribution in [-0.4, -0.2) is 5.10 Å². The summed E-state index contributed by atoms with van der Waals surface area (Å²) in [5.41, 5.74) is 1.85. The number of rotatable bonds is 2. The molecule has 1 aromatic heterocycles. The molecule has 1 heterocycles. The van der Waals surface area contributed by atoms with Crippen LogP contribution < -0.4 is 14.9 Å². The molecule has 1 aliphatic carbocycles. The lowest BCUT2D eigenvalue weighted by molar-refractivity contribution is -0.751. The van der Waals surface area contributed by atoms with Crippen LogP contribution >= 0.6 is 0 Å². The van der Waals surface area contributed by atoms with Crippen molar-refractivity contribution in [2.75, 3.05) is 0 Å². The number of benzene rings is 1. The molecule has 0 aliphatic heterocycles. The van der Waals surface area contributed by atoms with Crippen molar-refractivity contribution in [2.45, 2.75) is 31.6 Å². The minimum atomic E-state index is -1.01. The highest BCUT2D eigenvalue weighted by Crippen LogP contribution is 2.45. The second-order valence-electron chi connectivity index (χ2n) is 4.78. The van der Waals surface area contributed by atoms with Crippen LogP contribution in [0, 0.1) is 0 Å². The molecule has 4 nitrogen and oxygen atoms in total. The van der Waals surface area contributed by atoms with Crippen LogP contribution in [0.4, 0.5) is 0 Å². The van der Waals surface area contributed by atoms with Crippen molar-refractivity contribution in [2.24, 2.45) is 0 Å². The lowest BCUT2D eigenvalue weighted by Crippen LogP contribution is -2.39. The summed E-state index contributed by atoms with van der Waals surface area (Å²) in [5, 5.41) is 29.3. The Hall–Kier alpha value is -1.78. The highest BCUT2D eigenvalue weighted by Gasteiger charge is 2.31. The second kappa shape index (κ2) is 4.72. The number of aromatic nitrogens is 2. The van der Waals surface area contributed by atoms with Gasteiger partial charge in [-0.05, 0) is 24.0 Å². The van der Waals surface area contributed by atoms with Gasteiger partial charge in [-0.15, -0.1) is 0 Å². The van der Waals surface area contributed by atoms with Gasteiger partial charge in [0.25, 0.3) is 0 Å². The highest BCUT2D eigenvalue weighted by molar-refractivity contribution is 5.40. The molecule has 2 unspecified atom stereocenters. The molecule has 19 heavy (non-hydrogen) atoms. The summed E-state index contributed by atoms with van der Waals surface area (Å²) < 4.78 is 1.75. The predicted molar refractivity (Wildman–Crippen MR) is 64.8 cm³/mol. The van der Waals surface area contributed by atoms with Crippen molar-refractivity contribution in [1.82, 2.24) is 5.10 Å². The number of fused-ring (bicyclic) bond motifs is 1. The molecule has 0 saturated heterocycles. The second-order valence-corrected chi connectivity index (χ2v) is 4.78. The van der Waals surface area contributed by atoms with Gasteiger partial charge in [0.05, 0.1) is 0 Å². The highest BCUT2D eigenvalue weighted by atomic mass is 16.3. The molecular weight excluding hydrogens is 240 g/mol. The first-order valence-electron chi connectivity index (χ1n) is 6.49. The number of hydrogen-bond donors (Lipinski definition) is 0. The maximum atomic E-state index is 12.4. The van der Waals surface area contributed by atoms with Crippen molar-refractivity contribution >= 4 is 0 Å². The first kappa shape index (κ1) is 12.3. The largest absolute Gasteiger partial charge is 0.848 e. The van der Waals surface area contributed by atoms with E-state index in [1.54, 1.807) is 22.9 Å². The molecule has 0 spiro atoms. The average Bonchev–Trinajstić information content (AvgIpc) is 2.72. The molecular formula is C15H15N2O2-. The fraction of sp³-hybridized carbons (Fsp3) is 0.333. The first-order valence-corrected chi connectivity index (χ1v) is 6.49. The van der Waals surface area contributed by atoms with Crippen LogP contribution in [0.5, 0.6) is 0 Å². The SMILES string of the molecule is CC[n+]1cccc(C2C([O-])c3ccccc3C2[O-])n1. The van der Waals surface area contributed by atoms with E-state index >= 15 is 0 Å². The van der Waals surface area contributed by atoms with Crippen molar-refractivity contribution in [3.05, 3.63) is 59.4 Å². The van der Waals surface area contributed by atoms with Gasteiger partial charge in [-0.1, -0.05) is 52.3 Å². The smallest absolute Gasteiger partial charge is 0.196 e. The summed E-state index contributed by atoms with van der Waals surface area (Å²) in [7, 11) is 0. The van der Waals surface area contributed by atoms with Gasteiger partial charge in [0.2, 0.25) is 0 Å². The van der Waals surface area contributed by atoms with Crippen LogP contribution in [-0.2, 0) is 6.54 Å². The van der Waals surface area contributed by atoms with E-state index in [0.717, 1.165) is 6.54 Å². The standard InChI is InChI=1S/C15H15N2O2/c1-2-17-9-5-8-12(16-17)13-14(18)10-6-3-4-7-11(10)15(13)19/h3-9,13-15H,2H2,1H3/q-1. The van der Waals surface area contributed by atoms with Crippen LogP contribution in [0.3, 0.4) is 0 Å². The lowest BCUT2D eigenvalue weighted by Gasteiger charge is -2.31. The molecule has 2 aromatic rings. The van der Waals surface area contributed by atoms with Crippen molar-refractivity contribution in [1.29, 1.82) is 0 Å². The first-order chi connectivity index (χ1) is 9.22. The van der Waals surface area contributed by atoms with Gasteiger partial charge in [-0.25, -0.2) is 0 Å². The molecule has 0 amide bonds. The molecule has 2 atom stereocenters. The van der Waals surface area contributed by atoms with E-state index in [0.29, 0.717) is 16.8 Å². The Bertz CT molecular complexity index is 571. The normalized spacial score (nSPS) is 25.3. The van der Waals surface area contributed by atoms with E-state index < -0.39 is 18.1 Å². The minimum absolute atomic E-state index is 0.598. The molecule has 0 bridgehead atoms. The molecule has 1 aromatic carbocycles. The Morgan fingerprint density at radius 1 is 1.05 bits per heavy atom. The van der Waals surface area contributed by atoms with Crippen molar-refractivity contribution < 1.29 is 14.9 Å². The van der Waals surface area contributed by atoms with Crippen LogP contribution in [0.15, 0.2) is 42.6 Å². The Balaban J connectivity index is 2.03. The molecule has 0 fully saturated rings. The minimum Gasteiger partial charge on any atom is -0.848 e. The van der Waals surface area contributed by atoms with E-state index in [-0.39, 0.29) is 0 Å². The van der Waals surface area contributed by atoms with Gasteiger partial charge in [0, 0.05) is 6.07 Å². The third-order valence-electron chi connectivity index (χ3n) is 3.70.